The maximum absolute atomic E-state index is 11.9. The number of aromatic nitrogens is 6. The Morgan fingerprint density at radius 3 is 2.07 bits per heavy atom. The molecule has 0 N–H and O–H groups in total. The van der Waals surface area contributed by atoms with Crippen molar-refractivity contribution in [1.82, 2.24) is 25.0 Å². The molecule has 0 bridgehead atoms. The highest BCUT2D eigenvalue weighted by Gasteiger charge is 2.19. The molecule has 0 aliphatic carbocycles. The largest absolute Gasteiger partial charge is 1.00 e. The zero-order chi connectivity index (χ0) is 40.5. The average molecular weight is 848 g/mol. The number of pyridine rings is 3. The molecule has 0 atom stereocenters. The second-order valence-electron chi connectivity index (χ2n) is 15.3. The van der Waals surface area contributed by atoms with Gasteiger partial charge in [-0.15, -0.1) is 5.10 Å². The number of nitrogens with zero attached hydrogens (tertiary/aromatic N) is 6. The molecule has 1 aromatic carbocycles. The third kappa shape index (κ3) is 18.1. The van der Waals surface area contributed by atoms with Crippen LogP contribution in [0.15, 0.2) is 79.6 Å². The van der Waals surface area contributed by atoms with Crippen molar-refractivity contribution in [2.75, 3.05) is 26.4 Å². The molecule has 0 radical (unpaired) electrons. The number of esters is 1. The summed E-state index contributed by atoms with van der Waals surface area (Å²) in [5.74, 6) is -0.0866. The molecule has 0 aliphatic rings. The normalized spacial score (nSPS) is 11.2. The van der Waals surface area contributed by atoms with E-state index >= 15 is 0 Å². The summed E-state index contributed by atoms with van der Waals surface area (Å²) in [6.07, 6.45) is 33.4. The van der Waals surface area contributed by atoms with Crippen LogP contribution in [0.4, 0.5) is 0 Å². The molecule has 0 saturated heterocycles. The van der Waals surface area contributed by atoms with E-state index in [0.717, 1.165) is 90.9 Å². The monoisotopic (exact) mass is 846 g/mol. The van der Waals surface area contributed by atoms with Crippen LogP contribution in [0.5, 0.6) is 5.75 Å². The molecule has 0 spiro atoms. The number of rotatable bonds is 30. The summed E-state index contributed by atoms with van der Waals surface area (Å²) in [4.78, 5) is 20.5. The number of ether oxygens (including phenoxy) is 3. The van der Waals surface area contributed by atoms with Gasteiger partial charge in [-0.05, 0) is 87.3 Å². The lowest BCUT2D eigenvalue weighted by molar-refractivity contribution is -0.697. The lowest BCUT2D eigenvalue weighted by atomic mass is 10.1. The molecular weight excluding hydrogens is 783 g/mol. The fourth-order valence-corrected chi connectivity index (χ4v) is 7.52. The van der Waals surface area contributed by atoms with E-state index in [0.29, 0.717) is 32.9 Å². The Bertz CT molecular complexity index is 1910. The lowest BCUT2D eigenvalue weighted by Gasteiger charge is -2.11. The number of hydrogen-bond acceptors (Lipinski definition) is 8. The Balaban J connectivity index is 0.00000769. The maximum atomic E-state index is 11.9. The molecule has 5 rings (SSSR count). The Morgan fingerprint density at radius 2 is 1.37 bits per heavy atom. The molecule has 320 valence electrons. The summed E-state index contributed by atoms with van der Waals surface area (Å²) in [6.45, 7) is 6.56. The first-order chi connectivity index (χ1) is 28.6. The van der Waals surface area contributed by atoms with E-state index < -0.39 is 5.97 Å². The average Bonchev–Trinajstić information content (AvgIpc) is 3.71. The van der Waals surface area contributed by atoms with Crippen LogP contribution < -0.4 is 21.7 Å². The van der Waals surface area contributed by atoms with Crippen LogP contribution in [-0.4, -0.2) is 57.4 Å². The van der Waals surface area contributed by atoms with E-state index in [9.17, 15) is 4.79 Å². The third-order valence-electron chi connectivity index (χ3n) is 10.4. The van der Waals surface area contributed by atoms with Gasteiger partial charge >= 0.3 is 5.97 Å². The molecule has 5 aromatic rings. The molecule has 0 saturated carbocycles. The van der Waals surface area contributed by atoms with Crippen LogP contribution in [0.25, 0.3) is 22.2 Å². The number of carbonyl (C=O) groups is 1. The van der Waals surface area contributed by atoms with E-state index in [1.54, 1.807) is 18.3 Å². The van der Waals surface area contributed by atoms with E-state index in [2.05, 4.69) is 55.4 Å². The quantitative estimate of drug-likeness (QED) is 0.0203. The van der Waals surface area contributed by atoms with Crippen LogP contribution in [0.3, 0.4) is 0 Å². The molecule has 0 unspecified atom stereocenters. The van der Waals surface area contributed by atoms with Crippen molar-refractivity contribution in [2.24, 2.45) is 0 Å². The molecule has 4 heterocycles. The number of unbranched alkanes of at least 4 members (excludes halogenated alkanes) is 12. The van der Waals surface area contributed by atoms with Gasteiger partial charge in [-0.3, -0.25) is 19.4 Å². The van der Waals surface area contributed by atoms with Crippen LogP contribution >= 0.6 is 11.6 Å². The molecule has 59 heavy (non-hydrogen) atoms. The highest BCUT2D eigenvalue weighted by atomic mass is 35.5. The van der Waals surface area contributed by atoms with Gasteiger partial charge in [0, 0.05) is 81.9 Å². The molecule has 4 aromatic heterocycles. The van der Waals surface area contributed by atoms with E-state index in [1.165, 1.54) is 82.3 Å². The number of hydrogen-bond donors (Lipinski definition) is 0. The number of benzene rings is 1. The Kier molecular flexibility index (Phi) is 23.0. The molecule has 0 fully saturated rings. The summed E-state index contributed by atoms with van der Waals surface area (Å²) < 4.78 is 21.5. The summed E-state index contributed by atoms with van der Waals surface area (Å²) in [6, 6.07) is 14.0. The van der Waals surface area contributed by atoms with Crippen molar-refractivity contribution in [3.05, 3.63) is 95.8 Å². The predicted octanol–water partition coefficient (Wildman–Crippen LogP) is 7.52. The van der Waals surface area contributed by atoms with Gasteiger partial charge in [0.1, 0.15) is 17.8 Å². The molecule has 10 nitrogen and oxygen atoms in total. The SMILES string of the molecule is CC(=O)Oc1c(-c2cn(CCCCCCOCCCc3ccc[n+](CCCCCCCCCCCCOCCCc4cccnc4)c3)nn2)cc(Cl)c2cccnc12.[Cl-]. The summed E-state index contributed by atoms with van der Waals surface area (Å²) >= 11 is 6.54. The van der Waals surface area contributed by atoms with Gasteiger partial charge in [0.25, 0.3) is 0 Å². The van der Waals surface area contributed by atoms with Crippen molar-refractivity contribution in [3.8, 4) is 17.0 Å². The third-order valence-corrected chi connectivity index (χ3v) is 10.7. The van der Waals surface area contributed by atoms with Crippen molar-refractivity contribution in [1.29, 1.82) is 0 Å². The topological polar surface area (TPSA) is 105 Å². The van der Waals surface area contributed by atoms with Gasteiger partial charge in [0.05, 0.1) is 16.8 Å². The van der Waals surface area contributed by atoms with Crippen LogP contribution in [0.2, 0.25) is 5.02 Å². The second kappa shape index (κ2) is 28.5. The van der Waals surface area contributed by atoms with Gasteiger partial charge in [-0.1, -0.05) is 80.7 Å². The van der Waals surface area contributed by atoms with Crippen molar-refractivity contribution < 1.29 is 36.0 Å². The first kappa shape index (κ1) is 47.7. The van der Waals surface area contributed by atoms with Crippen LogP contribution in [0, 0.1) is 0 Å². The maximum Gasteiger partial charge on any atom is 0.308 e. The second-order valence-corrected chi connectivity index (χ2v) is 15.7. The summed E-state index contributed by atoms with van der Waals surface area (Å²) in [5.41, 5.74) is 4.38. The number of carbonyl (C=O) groups excluding carboxylic acids is 1. The van der Waals surface area contributed by atoms with Crippen molar-refractivity contribution in [3.63, 3.8) is 0 Å². The van der Waals surface area contributed by atoms with E-state index in [-0.39, 0.29) is 12.4 Å². The molecular formula is C47H64Cl2N6O4. The smallest absolute Gasteiger partial charge is 0.308 e. The molecule has 0 amide bonds. The summed E-state index contributed by atoms with van der Waals surface area (Å²) in [7, 11) is 0. The molecule has 0 aliphatic heterocycles. The summed E-state index contributed by atoms with van der Waals surface area (Å²) in [5, 5.41) is 9.88. The van der Waals surface area contributed by atoms with Crippen molar-refractivity contribution >= 4 is 28.5 Å². The van der Waals surface area contributed by atoms with Gasteiger partial charge < -0.3 is 26.6 Å². The number of fused-ring (bicyclic) bond motifs is 1. The fourth-order valence-electron chi connectivity index (χ4n) is 7.26. The van der Waals surface area contributed by atoms with E-state index in [4.69, 9.17) is 25.8 Å². The minimum absolute atomic E-state index is 0. The van der Waals surface area contributed by atoms with Crippen molar-refractivity contribution in [2.45, 2.75) is 136 Å². The minimum atomic E-state index is -0.432. The highest BCUT2D eigenvalue weighted by Crippen LogP contribution is 2.39. The highest BCUT2D eigenvalue weighted by molar-refractivity contribution is 6.36. The van der Waals surface area contributed by atoms with E-state index in [1.807, 2.05) is 35.4 Å². The zero-order valence-electron chi connectivity index (χ0n) is 35.0. The van der Waals surface area contributed by atoms with Gasteiger partial charge in [-0.25, -0.2) is 4.57 Å². The lowest BCUT2D eigenvalue weighted by Crippen LogP contribution is -3.00. The number of halogens is 2. The standard InChI is InChI=1S/C47H64ClN6O4.ClH/c1-39(55)58-47-43(35-44(48)42-25-17-27-50-46(42)47)45-38-54(52-51-45)30-13-9-11-15-32-57-34-20-24-41-22-18-29-53(37-41)28-12-8-6-4-2-3-5-7-10-14-31-56-33-19-23-40-21-16-26-49-36-40;/h16-18,21-22,25-27,29,35-38H,2-15,19-20,23-24,28,30-34H2,1H3;1H/q+1;/p-1. The number of aryl methyl sites for hydroxylation is 4. The zero-order valence-corrected chi connectivity index (χ0v) is 36.6. The fraction of sp³-hybridized carbons (Fsp3) is 0.532. The predicted molar refractivity (Wildman–Crippen MR) is 231 cm³/mol. The van der Waals surface area contributed by atoms with Gasteiger partial charge in [-0.2, -0.15) is 0 Å². The van der Waals surface area contributed by atoms with Gasteiger partial charge in [0.2, 0.25) is 0 Å². The first-order valence-corrected chi connectivity index (χ1v) is 22.1. The molecule has 12 heteroatoms. The Hall–Kier alpha value is -3.96. The Labute approximate surface area is 362 Å². The first-order valence-electron chi connectivity index (χ1n) is 21.8. The van der Waals surface area contributed by atoms with Gasteiger partial charge in [0.15, 0.2) is 18.1 Å². The van der Waals surface area contributed by atoms with Crippen LogP contribution in [0.1, 0.15) is 121 Å². The minimum Gasteiger partial charge on any atom is -1.00 e. The Morgan fingerprint density at radius 1 is 0.746 bits per heavy atom. The van der Waals surface area contributed by atoms with Crippen LogP contribution in [-0.2, 0) is 40.2 Å².